The molecule has 154 valence electrons. The molecule has 1 aliphatic rings. The highest BCUT2D eigenvalue weighted by atomic mass is 35.5. The second-order valence-electron chi connectivity index (χ2n) is 6.63. The minimum atomic E-state index is -4.28. The van der Waals surface area contributed by atoms with Gasteiger partial charge in [0.1, 0.15) is 10.9 Å². The lowest BCUT2D eigenvalue weighted by Gasteiger charge is -2.26. The van der Waals surface area contributed by atoms with E-state index in [2.05, 4.69) is 4.85 Å². The van der Waals surface area contributed by atoms with Crippen LogP contribution in [0.4, 0.5) is 5.69 Å². The van der Waals surface area contributed by atoms with Crippen molar-refractivity contribution in [3.8, 4) is 0 Å². The van der Waals surface area contributed by atoms with Gasteiger partial charge in [-0.05, 0) is 24.3 Å². The van der Waals surface area contributed by atoms with E-state index >= 15 is 0 Å². The van der Waals surface area contributed by atoms with Crippen molar-refractivity contribution < 1.29 is 27.0 Å². The molecule has 2 atom stereocenters. The van der Waals surface area contributed by atoms with Crippen LogP contribution in [0.25, 0.3) is 4.85 Å². The van der Waals surface area contributed by atoms with Crippen molar-refractivity contribution in [3.63, 3.8) is 0 Å². The van der Waals surface area contributed by atoms with Crippen molar-refractivity contribution in [1.29, 1.82) is 0 Å². The van der Waals surface area contributed by atoms with Crippen LogP contribution in [-0.4, -0.2) is 61.9 Å². The number of aliphatic hydroxyl groups excluding tert-OH is 1. The molecule has 2 aromatic rings. The normalized spacial score (nSPS) is 23.0. The van der Waals surface area contributed by atoms with Crippen molar-refractivity contribution in [2.75, 3.05) is 19.7 Å². The van der Waals surface area contributed by atoms with Crippen LogP contribution < -0.4 is 0 Å². The molecular weight excluding hydrogens is 440 g/mol. The Morgan fingerprint density at radius 2 is 1.76 bits per heavy atom. The van der Waals surface area contributed by atoms with Gasteiger partial charge in [-0.3, -0.25) is 0 Å². The van der Waals surface area contributed by atoms with Crippen molar-refractivity contribution >= 4 is 37.1 Å². The van der Waals surface area contributed by atoms with Crippen molar-refractivity contribution in [3.05, 3.63) is 65.0 Å². The number of para-hydroxylation sites is 1. The number of hydrogen-bond acceptors (Lipinski definition) is 6. The van der Waals surface area contributed by atoms with Crippen LogP contribution in [0.3, 0.4) is 0 Å². The van der Waals surface area contributed by atoms with Crippen LogP contribution in [0.15, 0.2) is 58.3 Å². The number of sulfone groups is 1. The van der Waals surface area contributed by atoms with Gasteiger partial charge in [0.15, 0.2) is 9.84 Å². The zero-order valence-corrected chi connectivity index (χ0v) is 17.3. The first-order valence-corrected chi connectivity index (χ1v) is 11.7. The van der Waals surface area contributed by atoms with Gasteiger partial charge in [-0.15, -0.1) is 0 Å². The maximum absolute atomic E-state index is 13.1. The number of aliphatic hydroxyl groups is 2. The molecule has 2 aromatic carbocycles. The summed E-state index contributed by atoms with van der Waals surface area (Å²) in [6.07, 6.45) is 0. The van der Waals surface area contributed by atoms with Crippen molar-refractivity contribution in [2.24, 2.45) is 0 Å². The molecule has 0 amide bonds. The fourth-order valence-electron chi connectivity index (χ4n) is 3.24. The van der Waals surface area contributed by atoms with Gasteiger partial charge in [0, 0.05) is 18.1 Å². The molecule has 0 saturated carbocycles. The van der Waals surface area contributed by atoms with E-state index in [1.807, 2.05) is 0 Å². The zero-order valence-electron chi connectivity index (χ0n) is 14.9. The Labute approximate surface area is 173 Å². The van der Waals surface area contributed by atoms with Crippen molar-refractivity contribution in [2.45, 2.75) is 20.6 Å². The molecule has 0 aliphatic carbocycles. The lowest BCUT2D eigenvalue weighted by atomic mass is 10.1. The van der Waals surface area contributed by atoms with E-state index in [0.717, 1.165) is 4.31 Å². The van der Waals surface area contributed by atoms with Crippen LogP contribution in [0.2, 0.25) is 5.02 Å². The first kappa shape index (κ1) is 21.7. The summed E-state index contributed by atoms with van der Waals surface area (Å²) in [6, 6.07) is 10.7. The van der Waals surface area contributed by atoms with E-state index in [0.29, 0.717) is 5.02 Å². The minimum absolute atomic E-state index is 0.121. The Morgan fingerprint density at radius 1 is 1.14 bits per heavy atom. The van der Waals surface area contributed by atoms with Crippen LogP contribution >= 0.6 is 11.6 Å². The number of halogens is 1. The third-order valence-electron chi connectivity index (χ3n) is 4.81. The topological polar surface area (TPSA) is 116 Å². The first-order valence-electron chi connectivity index (χ1n) is 8.35. The molecule has 8 nitrogen and oxygen atoms in total. The van der Waals surface area contributed by atoms with Gasteiger partial charge in [-0.1, -0.05) is 35.9 Å². The maximum Gasteiger partial charge on any atom is 0.233 e. The molecule has 0 bridgehead atoms. The average molecular weight is 457 g/mol. The average Bonchev–Trinajstić information content (AvgIpc) is 3.08. The molecule has 1 heterocycles. The molecule has 2 N–H and O–H groups in total. The summed E-state index contributed by atoms with van der Waals surface area (Å²) < 4.78 is 53.0. The monoisotopic (exact) mass is 456 g/mol. The molecule has 0 spiro atoms. The Balaban J connectivity index is 2.04. The molecule has 0 unspecified atom stereocenters. The van der Waals surface area contributed by atoms with Gasteiger partial charge >= 0.3 is 0 Å². The van der Waals surface area contributed by atoms with Gasteiger partial charge in [0.25, 0.3) is 0 Å². The molecule has 1 fully saturated rings. The van der Waals surface area contributed by atoms with Gasteiger partial charge in [0.2, 0.25) is 15.7 Å². The predicted molar refractivity (Wildman–Crippen MR) is 106 cm³/mol. The molecule has 11 heteroatoms. The first-order chi connectivity index (χ1) is 13.6. The molecule has 3 rings (SSSR count). The van der Waals surface area contributed by atoms with Crippen LogP contribution in [0.5, 0.6) is 0 Å². The Kier molecular flexibility index (Phi) is 5.75. The minimum Gasteiger partial charge on any atom is -0.393 e. The van der Waals surface area contributed by atoms with Crippen molar-refractivity contribution in [1.82, 2.24) is 4.31 Å². The number of benzene rings is 2. The summed E-state index contributed by atoms with van der Waals surface area (Å²) in [5, 5.41) is 19.2. The Hall–Kier alpha value is -2.00. The largest absolute Gasteiger partial charge is 0.393 e. The van der Waals surface area contributed by atoms with E-state index in [4.69, 9.17) is 18.2 Å². The van der Waals surface area contributed by atoms with Crippen LogP contribution in [0.1, 0.15) is 0 Å². The highest BCUT2D eigenvalue weighted by molar-refractivity contribution is 7.92. The lowest BCUT2D eigenvalue weighted by molar-refractivity contribution is 0.00160. The summed E-state index contributed by atoms with van der Waals surface area (Å²) >= 11 is 5.79. The number of rotatable bonds is 5. The quantitative estimate of drug-likeness (QED) is 0.658. The standard InChI is InChI=1S/C18H17ClN2O6S2/c1-20-15-4-2-3-5-16(15)29(26,27)21-10-17(18(23,11-21)12-22)28(24,25)14-8-6-13(19)7-9-14/h2-9,17,22-23H,10-12H2/t17-,18+/m0/s1. The van der Waals surface area contributed by atoms with Gasteiger partial charge < -0.3 is 10.2 Å². The molecule has 1 aliphatic heterocycles. The SMILES string of the molecule is [C-]#[N+]c1ccccc1S(=O)(=O)N1C[C@H](S(=O)(=O)c2ccc(Cl)cc2)[C@](O)(CO)C1. The fourth-order valence-corrected chi connectivity index (χ4v) is 7.06. The van der Waals surface area contributed by atoms with E-state index in [1.54, 1.807) is 0 Å². The Morgan fingerprint density at radius 3 is 2.34 bits per heavy atom. The van der Waals surface area contributed by atoms with Gasteiger partial charge in [-0.25, -0.2) is 21.7 Å². The molecule has 0 radical (unpaired) electrons. The summed E-state index contributed by atoms with van der Waals surface area (Å²) in [5.74, 6) is 0. The van der Waals surface area contributed by atoms with Gasteiger partial charge in [-0.2, -0.15) is 4.31 Å². The third-order valence-corrected chi connectivity index (χ3v) is 9.19. The fraction of sp³-hybridized carbons (Fsp3) is 0.278. The molecule has 29 heavy (non-hydrogen) atoms. The van der Waals surface area contributed by atoms with E-state index < -0.39 is 50.4 Å². The second kappa shape index (κ2) is 7.68. The lowest BCUT2D eigenvalue weighted by Crippen LogP contribution is -2.49. The Bertz CT molecular complexity index is 1180. The van der Waals surface area contributed by atoms with Crippen LogP contribution in [-0.2, 0) is 19.9 Å². The smallest absolute Gasteiger partial charge is 0.233 e. The second-order valence-corrected chi connectivity index (χ2v) is 11.1. The summed E-state index contributed by atoms with van der Waals surface area (Å²) in [5.41, 5.74) is -2.33. The molecule has 0 aromatic heterocycles. The van der Waals surface area contributed by atoms with Gasteiger partial charge in [0.05, 0.1) is 23.0 Å². The van der Waals surface area contributed by atoms with E-state index in [9.17, 15) is 27.0 Å². The summed E-state index contributed by atoms with van der Waals surface area (Å²) in [6.45, 7) is 5.00. The third kappa shape index (κ3) is 3.77. The number of hydrogen-bond donors (Lipinski definition) is 2. The highest BCUT2D eigenvalue weighted by Gasteiger charge is 2.55. The van der Waals surface area contributed by atoms with E-state index in [-0.39, 0.29) is 15.5 Å². The molecular formula is C18H17ClN2O6S2. The maximum atomic E-state index is 13.1. The number of nitrogens with zero attached hydrogens (tertiary/aromatic N) is 2. The molecule has 1 saturated heterocycles. The number of β-amino-alcohol motifs (C(OH)–C–C–N with tert-alkyl or cyclic N) is 1. The zero-order chi connectivity index (χ0) is 21.4. The number of sulfonamides is 1. The van der Waals surface area contributed by atoms with E-state index in [1.165, 1.54) is 48.5 Å². The summed E-state index contributed by atoms with van der Waals surface area (Å²) in [7, 11) is -8.48. The van der Waals surface area contributed by atoms with Crippen LogP contribution in [0, 0.1) is 6.57 Å². The predicted octanol–water partition coefficient (Wildman–Crippen LogP) is 1.46. The summed E-state index contributed by atoms with van der Waals surface area (Å²) in [4.78, 5) is 2.74. The highest BCUT2D eigenvalue weighted by Crippen LogP contribution is 2.36.